The fourth-order valence-corrected chi connectivity index (χ4v) is 1.16. The number of rotatable bonds is 6. The Kier molecular flexibility index (Phi) is 5.51. The van der Waals surface area contributed by atoms with Crippen molar-refractivity contribution in [3.05, 3.63) is 0 Å². The summed E-state index contributed by atoms with van der Waals surface area (Å²) in [6, 6.07) is 0.581. The van der Waals surface area contributed by atoms with E-state index < -0.39 is 5.60 Å². The highest BCUT2D eigenvalue weighted by Gasteiger charge is 2.11. The molecule has 0 amide bonds. The van der Waals surface area contributed by atoms with Crippen molar-refractivity contribution in [1.82, 2.24) is 5.32 Å². The van der Waals surface area contributed by atoms with Gasteiger partial charge in [-0.15, -0.1) is 0 Å². The third kappa shape index (κ3) is 8.02. The summed E-state index contributed by atoms with van der Waals surface area (Å²) in [7, 11) is 0. The predicted octanol–water partition coefficient (Wildman–Crippen LogP) is 1.93. The lowest BCUT2D eigenvalue weighted by atomic mass is 10.1. The van der Waals surface area contributed by atoms with Crippen LogP contribution in [0.5, 0.6) is 0 Å². The lowest BCUT2D eigenvalue weighted by Gasteiger charge is -2.19. The number of hydrogen-bond acceptors (Lipinski definition) is 2. The molecule has 1 unspecified atom stereocenters. The van der Waals surface area contributed by atoms with Gasteiger partial charge in [0.2, 0.25) is 0 Å². The zero-order valence-electron chi connectivity index (χ0n) is 8.85. The van der Waals surface area contributed by atoms with Gasteiger partial charge < -0.3 is 10.4 Å². The summed E-state index contributed by atoms with van der Waals surface area (Å²) >= 11 is 0. The molecule has 0 fully saturated rings. The van der Waals surface area contributed by atoms with Gasteiger partial charge in [-0.3, -0.25) is 0 Å². The number of aliphatic hydroxyl groups is 1. The minimum atomic E-state index is -0.529. The topological polar surface area (TPSA) is 32.3 Å². The second-order valence-corrected chi connectivity index (χ2v) is 4.21. The van der Waals surface area contributed by atoms with Crippen LogP contribution in [0.3, 0.4) is 0 Å². The Hall–Kier alpha value is -0.0800. The average Bonchev–Trinajstić information content (AvgIpc) is 1.84. The molecule has 0 aliphatic rings. The van der Waals surface area contributed by atoms with Crippen LogP contribution in [0.25, 0.3) is 0 Å². The zero-order valence-corrected chi connectivity index (χ0v) is 8.85. The molecule has 12 heavy (non-hydrogen) atoms. The van der Waals surface area contributed by atoms with Crippen molar-refractivity contribution in [1.29, 1.82) is 0 Å². The van der Waals surface area contributed by atoms with Gasteiger partial charge in [-0.25, -0.2) is 0 Å². The van der Waals surface area contributed by atoms with Crippen molar-refractivity contribution in [3.8, 4) is 0 Å². The third-order valence-corrected chi connectivity index (χ3v) is 1.95. The highest BCUT2D eigenvalue weighted by Crippen LogP contribution is 2.05. The first-order valence-electron chi connectivity index (χ1n) is 4.91. The van der Waals surface area contributed by atoms with Gasteiger partial charge in [0, 0.05) is 6.04 Å². The average molecular weight is 173 g/mol. The molecular weight excluding hydrogens is 150 g/mol. The molecule has 2 N–H and O–H groups in total. The Morgan fingerprint density at radius 1 is 1.42 bits per heavy atom. The van der Waals surface area contributed by atoms with Gasteiger partial charge >= 0.3 is 0 Å². The van der Waals surface area contributed by atoms with Crippen molar-refractivity contribution in [2.24, 2.45) is 0 Å². The summed E-state index contributed by atoms with van der Waals surface area (Å²) < 4.78 is 0. The molecular formula is C10H23NO. The van der Waals surface area contributed by atoms with Crippen LogP contribution in [0.4, 0.5) is 0 Å². The molecule has 74 valence electrons. The van der Waals surface area contributed by atoms with Crippen molar-refractivity contribution in [2.75, 3.05) is 6.54 Å². The summed E-state index contributed by atoms with van der Waals surface area (Å²) in [4.78, 5) is 0. The van der Waals surface area contributed by atoms with E-state index in [2.05, 4.69) is 19.2 Å². The van der Waals surface area contributed by atoms with Gasteiger partial charge in [0.05, 0.1) is 5.60 Å². The van der Waals surface area contributed by atoms with E-state index in [0.29, 0.717) is 6.04 Å². The second-order valence-electron chi connectivity index (χ2n) is 4.21. The molecule has 2 nitrogen and oxygen atoms in total. The summed E-state index contributed by atoms with van der Waals surface area (Å²) in [5, 5.41) is 12.8. The summed E-state index contributed by atoms with van der Waals surface area (Å²) in [5.41, 5.74) is -0.529. The van der Waals surface area contributed by atoms with Crippen LogP contribution in [-0.4, -0.2) is 23.3 Å². The molecule has 0 saturated carbocycles. The van der Waals surface area contributed by atoms with E-state index in [1.54, 1.807) is 0 Å². The lowest BCUT2D eigenvalue weighted by molar-refractivity contribution is 0.0704. The maximum atomic E-state index is 9.42. The quantitative estimate of drug-likeness (QED) is 0.643. The zero-order chi connectivity index (χ0) is 9.61. The minimum Gasteiger partial charge on any atom is -0.390 e. The summed E-state index contributed by atoms with van der Waals surface area (Å²) in [6.45, 7) is 8.98. The van der Waals surface area contributed by atoms with Crippen molar-refractivity contribution in [3.63, 3.8) is 0 Å². The molecule has 1 atom stereocenters. The normalized spacial score (nSPS) is 14.8. The van der Waals surface area contributed by atoms with Gasteiger partial charge in [0.15, 0.2) is 0 Å². The molecule has 0 bridgehead atoms. The maximum absolute atomic E-state index is 9.42. The summed E-state index contributed by atoms with van der Waals surface area (Å²) in [6.07, 6.45) is 3.25. The molecule has 2 heteroatoms. The molecule has 0 aliphatic heterocycles. The van der Waals surface area contributed by atoms with Crippen molar-refractivity contribution >= 4 is 0 Å². The van der Waals surface area contributed by atoms with Gasteiger partial charge in [-0.2, -0.15) is 0 Å². The van der Waals surface area contributed by atoms with Crippen LogP contribution in [0, 0.1) is 0 Å². The van der Waals surface area contributed by atoms with Crippen LogP contribution in [-0.2, 0) is 0 Å². The monoisotopic (exact) mass is 173 g/mol. The molecule has 0 heterocycles. The van der Waals surface area contributed by atoms with E-state index in [1.165, 1.54) is 12.8 Å². The van der Waals surface area contributed by atoms with Gasteiger partial charge in [-0.05, 0) is 40.2 Å². The highest BCUT2D eigenvalue weighted by molar-refractivity contribution is 4.68. The first-order valence-corrected chi connectivity index (χ1v) is 4.91. The molecule has 0 aromatic rings. The number of hydrogen-bond donors (Lipinski definition) is 2. The molecule has 0 aliphatic carbocycles. The SMILES string of the molecule is CCCC(C)NCCC(C)(C)O. The largest absolute Gasteiger partial charge is 0.390 e. The standard InChI is InChI=1S/C10H23NO/c1-5-6-9(2)11-8-7-10(3,4)12/h9,11-12H,5-8H2,1-4H3. The van der Waals surface area contributed by atoms with Crippen LogP contribution < -0.4 is 5.32 Å². The molecule has 0 radical (unpaired) electrons. The van der Waals surface area contributed by atoms with E-state index in [9.17, 15) is 5.11 Å². The van der Waals surface area contributed by atoms with Gasteiger partial charge in [0.1, 0.15) is 0 Å². The Labute approximate surface area is 76.4 Å². The highest BCUT2D eigenvalue weighted by atomic mass is 16.3. The first kappa shape index (κ1) is 11.9. The van der Waals surface area contributed by atoms with Crippen LogP contribution in [0.2, 0.25) is 0 Å². The smallest absolute Gasteiger partial charge is 0.0603 e. The third-order valence-electron chi connectivity index (χ3n) is 1.95. The Bertz CT molecular complexity index is 107. The van der Waals surface area contributed by atoms with Gasteiger partial charge in [0.25, 0.3) is 0 Å². The van der Waals surface area contributed by atoms with Crippen LogP contribution in [0.15, 0.2) is 0 Å². The predicted molar refractivity (Wildman–Crippen MR) is 53.3 cm³/mol. The Balaban J connectivity index is 3.31. The van der Waals surface area contributed by atoms with Crippen LogP contribution in [0.1, 0.15) is 47.0 Å². The fourth-order valence-electron chi connectivity index (χ4n) is 1.16. The van der Waals surface area contributed by atoms with Crippen molar-refractivity contribution < 1.29 is 5.11 Å². The van der Waals surface area contributed by atoms with E-state index in [0.717, 1.165) is 13.0 Å². The van der Waals surface area contributed by atoms with E-state index >= 15 is 0 Å². The molecule has 0 aromatic carbocycles. The van der Waals surface area contributed by atoms with Gasteiger partial charge in [-0.1, -0.05) is 13.3 Å². The Morgan fingerprint density at radius 3 is 2.42 bits per heavy atom. The molecule has 0 rings (SSSR count). The van der Waals surface area contributed by atoms with E-state index in [-0.39, 0.29) is 0 Å². The molecule has 0 saturated heterocycles. The minimum absolute atomic E-state index is 0.529. The lowest BCUT2D eigenvalue weighted by Crippen LogP contribution is -2.32. The van der Waals surface area contributed by atoms with E-state index in [1.807, 2.05) is 13.8 Å². The first-order chi connectivity index (χ1) is 5.45. The molecule has 0 spiro atoms. The maximum Gasteiger partial charge on any atom is 0.0603 e. The van der Waals surface area contributed by atoms with E-state index in [4.69, 9.17) is 0 Å². The fraction of sp³-hybridized carbons (Fsp3) is 1.00. The van der Waals surface area contributed by atoms with Crippen LogP contribution >= 0.6 is 0 Å². The second kappa shape index (κ2) is 5.55. The molecule has 0 aromatic heterocycles. The Morgan fingerprint density at radius 2 is 2.00 bits per heavy atom. The van der Waals surface area contributed by atoms with Crippen molar-refractivity contribution in [2.45, 2.75) is 58.6 Å². The number of nitrogens with one attached hydrogen (secondary N) is 1. The summed E-state index contributed by atoms with van der Waals surface area (Å²) in [5.74, 6) is 0.